The molecule has 4 rings (SSSR count). The van der Waals surface area contributed by atoms with Gasteiger partial charge in [-0.15, -0.1) is 0 Å². The predicted octanol–water partition coefficient (Wildman–Crippen LogP) is 3.41. The third-order valence-electron chi connectivity index (χ3n) is 6.26. The lowest BCUT2D eigenvalue weighted by Gasteiger charge is -2.34. The Morgan fingerprint density at radius 3 is 2.53 bits per heavy atom. The molecule has 1 N–H and O–H groups in total. The van der Waals surface area contributed by atoms with Crippen molar-refractivity contribution in [2.45, 2.75) is 50.5 Å². The molecular weight excluding hydrogens is 424 g/mol. The van der Waals surface area contributed by atoms with Crippen LogP contribution >= 0.6 is 0 Å². The van der Waals surface area contributed by atoms with Crippen molar-refractivity contribution in [1.29, 1.82) is 0 Å². The molecule has 3 atom stereocenters. The average molecular weight is 457 g/mol. The third kappa shape index (κ3) is 5.15. The fourth-order valence-corrected chi connectivity index (χ4v) is 6.48. The fourth-order valence-electron chi connectivity index (χ4n) is 4.75. The summed E-state index contributed by atoms with van der Waals surface area (Å²) in [5, 5.41) is 2.95. The lowest BCUT2D eigenvalue weighted by molar-refractivity contribution is -0.127. The monoisotopic (exact) mass is 456 g/mol. The molecule has 1 amide bonds. The molecule has 2 heterocycles. The maximum absolute atomic E-state index is 13.2. The quantitative estimate of drug-likeness (QED) is 0.648. The van der Waals surface area contributed by atoms with Gasteiger partial charge in [0.1, 0.15) is 5.75 Å². The van der Waals surface area contributed by atoms with Crippen LogP contribution in [0.5, 0.6) is 5.75 Å². The lowest BCUT2D eigenvalue weighted by atomic mass is 9.94. The number of piperidine rings is 1. The molecule has 1 saturated heterocycles. The SMILES string of the molecule is CC1CC(C)CN(S(=O)(=O)c2ccc3c(c2)CC(C(=O)NCCCc2ccccc2)O3)C1. The third-order valence-corrected chi connectivity index (χ3v) is 8.08. The van der Waals surface area contributed by atoms with Crippen molar-refractivity contribution in [1.82, 2.24) is 9.62 Å². The molecule has 2 aromatic rings. The average Bonchev–Trinajstić information content (AvgIpc) is 3.20. The number of benzene rings is 2. The molecule has 7 heteroatoms. The Balaban J connectivity index is 1.34. The summed E-state index contributed by atoms with van der Waals surface area (Å²) in [6, 6.07) is 15.1. The summed E-state index contributed by atoms with van der Waals surface area (Å²) in [4.78, 5) is 12.8. The molecule has 0 radical (unpaired) electrons. The van der Waals surface area contributed by atoms with Gasteiger partial charge in [-0.2, -0.15) is 4.31 Å². The summed E-state index contributed by atoms with van der Waals surface area (Å²) in [7, 11) is -3.55. The number of aryl methyl sites for hydroxylation is 1. The van der Waals surface area contributed by atoms with Gasteiger partial charge in [0.15, 0.2) is 6.10 Å². The molecule has 6 nitrogen and oxygen atoms in total. The van der Waals surface area contributed by atoms with Crippen molar-refractivity contribution in [3.63, 3.8) is 0 Å². The minimum atomic E-state index is -3.55. The first-order valence-electron chi connectivity index (χ1n) is 11.4. The zero-order valence-electron chi connectivity index (χ0n) is 18.8. The highest BCUT2D eigenvalue weighted by molar-refractivity contribution is 7.89. The largest absolute Gasteiger partial charge is 0.480 e. The number of rotatable bonds is 7. The molecule has 3 unspecified atom stereocenters. The number of hydrogen-bond acceptors (Lipinski definition) is 4. The van der Waals surface area contributed by atoms with E-state index in [-0.39, 0.29) is 10.8 Å². The molecule has 32 heavy (non-hydrogen) atoms. The van der Waals surface area contributed by atoms with Crippen molar-refractivity contribution >= 4 is 15.9 Å². The second-order valence-electron chi connectivity index (χ2n) is 9.23. The molecular formula is C25H32N2O4S. The van der Waals surface area contributed by atoms with Crippen LogP contribution in [0.15, 0.2) is 53.4 Å². The number of hydrogen-bond donors (Lipinski definition) is 1. The summed E-state index contributed by atoms with van der Waals surface area (Å²) < 4.78 is 33.8. The van der Waals surface area contributed by atoms with Crippen molar-refractivity contribution in [2.24, 2.45) is 11.8 Å². The maximum atomic E-state index is 13.2. The molecule has 1 fully saturated rings. The Morgan fingerprint density at radius 2 is 1.81 bits per heavy atom. The maximum Gasteiger partial charge on any atom is 0.261 e. The van der Waals surface area contributed by atoms with Gasteiger partial charge in [0.05, 0.1) is 4.90 Å². The molecule has 2 aliphatic rings. The van der Waals surface area contributed by atoms with E-state index in [9.17, 15) is 13.2 Å². The topological polar surface area (TPSA) is 75.7 Å². The zero-order valence-corrected chi connectivity index (χ0v) is 19.6. The summed E-state index contributed by atoms with van der Waals surface area (Å²) in [6.45, 7) is 5.87. The first-order valence-corrected chi connectivity index (χ1v) is 12.9. The lowest BCUT2D eigenvalue weighted by Crippen LogP contribution is -2.42. The zero-order chi connectivity index (χ0) is 22.7. The van der Waals surface area contributed by atoms with E-state index in [0.717, 1.165) is 24.8 Å². The van der Waals surface area contributed by atoms with Gasteiger partial charge in [0.2, 0.25) is 10.0 Å². The smallest absolute Gasteiger partial charge is 0.261 e. The van der Waals surface area contributed by atoms with E-state index in [1.54, 1.807) is 22.5 Å². The Morgan fingerprint density at radius 1 is 1.09 bits per heavy atom. The van der Waals surface area contributed by atoms with Gasteiger partial charge in [-0.25, -0.2) is 8.42 Å². The van der Waals surface area contributed by atoms with Gasteiger partial charge in [0.25, 0.3) is 5.91 Å². The van der Waals surface area contributed by atoms with E-state index in [4.69, 9.17) is 4.74 Å². The molecule has 2 aromatic carbocycles. The molecule has 2 aliphatic heterocycles. The molecule has 0 bridgehead atoms. The Labute approximate surface area is 191 Å². The Bertz CT molecular complexity index is 1040. The van der Waals surface area contributed by atoms with Crippen LogP contribution in [-0.2, 0) is 27.7 Å². The fraction of sp³-hybridized carbons (Fsp3) is 0.480. The number of nitrogens with one attached hydrogen (secondary N) is 1. The summed E-state index contributed by atoms with van der Waals surface area (Å²) in [5.41, 5.74) is 2.02. The molecule has 0 aromatic heterocycles. The number of ether oxygens (including phenoxy) is 1. The van der Waals surface area contributed by atoms with Gasteiger partial charge < -0.3 is 10.1 Å². The number of fused-ring (bicyclic) bond motifs is 1. The Kier molecular flexibility index (Phi) is 6.86. The van der Waals surface area contributed by atoms with E-state index in [1.807, 2.05) is 18.2 Å². The van der Waals surface area contributed by atoms with Gasteiger partial charge in [-0.1, -0.05) is 44.2 Å². The van der Waals surface area contributed by atoms with Gasteiger partial charge in [0, 0.05) is 26.1 Å². The number of carbonyl (C=O) groups is 1. The number of amides is 1. The first kappa shape index (κ1) is 22.8. The van der Waals surface area contributed by atoms with E-state index in [0.29, 0.717) is 43.6 Å². The second-order valence-corrected chi connectivity index (χ2v) is 11.2. The molecule has 172 valence electrons. The minimum absolute atomic E-state index is 0.155. The van der Waals surface area contributed by atoms with Crippen LogP contribution in [0.4, 0.5) is 0 Å². The van der Waals surface area contributed by atoms with Crippen LogP contribution in [-0.4, -0.2) is 44.4 Å². The van der Waals surface area contributed by atoms with Gasteiger partial charge >= 0.3 is 0 Å². The van der Waals surface area contributed by atoms with Crippen molar-refractivity contribution in [3.8, 4) is 5.75 Å². The van der Waals surface area contributed by atoms with E-state index in [2.05, 4.69) is 31.3 Å². The molecule has 0 saturated carbocycles. The highest BCUT2D eigenvalue weighted by Gasteiger charge is 2.34. The van der Waals surface area contributed by atoms with Crippen molar-refractivity contribution < 1.29 is 17.9 Å². The van der Waals surface area contributed by atoms with E-state index >= 15 is 0 Å². The summed E-state index contributed by atoms with van der Waals surface area (Å²) in [5.74, 6) is 1.13. The van der Waals surface area contributed by atoms with Crippen LogP contribution in [0.1, 0.15) is 37.8 Å². The Hall–Kier alpha value is -2.38. The van der Waals surface area contributed by atoms with Crippen LogP contribution < -0.4 is 10.1 Å². The highest BCUT2D eigenvalue weighted by atomic mass is 32.2. The number of sulfonamides is 1. The minimum Gasteiger partial charge on any atom is -0.480 e. The van der Waals surface area contributed by atoms with Crippen LogP contribution in [0.25, 0.3) is 0 Å². The van der Waals surface area contributed by atoms with Gasteiger partial charge in [-0.05, 0) is 60.4 Å². The number of carbonyl (C=O) groups excluding carboxylic acids is 1. The van der Waals surface area contributed by atoms with E-state index in [1.165, 1.54) is 5.56 Å². The summed E-state index contributed by atoms with van der Waals surface area (Å²) >= 11 is 0. The van der Waals surface area contributed by atoms with E-state index < -0.39 is 16.1 Å². The summed E-state index contributed by atoms with van der Waals surface area (Å²) in [6.07, 6.45) is 2.57. The normalized spacial score (nSPS) is 23.4. The van der Waals surface area contributed by atoms with Gasteiger partial charge in [-0.3, -0.25) is 4.79 Å². The standard InChI is InChI=1S/C25H32N2O4S/c1-18-13-19(2)17-27(16-18)32(29,30)22-10-11-23-21(14-22)15-24(31-23)25(28)26-12-6-9-20-7-4-3-5-8-20/h3-5,7-8,10-11,14,18-19,24H,6,9,12-13,15-17H2,1-2H3,(H,26,28). The van der Waals surface area contributed by atoms with Crippen LogP contribution in [0, 0.1) is 11.8 Å². The van der Waals surface area contributed by atoms with Crippen LogP contribution in [0.3, 0.4) is 0 Å². The van der Waals surface area contributed by atoms with Crippen LogP contribution in [0.2, 0.25) is 0 Å². The molecule has 0 aliphatic carbocycles. The van der Waals surface area contributed by atoms with Crippen molar-refractivity contribution in [3.05, 3.63) is 59.7 Å². The molecule has 0 spiro atoms. The second kappa shape index (κ2) is 9.63. The van der Waals surface area contributed by atoms with Crippen molar-refractivity contribution in [2.75, 3.05) is 19.6 Å². The first-order chi connectivity index (χ1) is 15.3. The highest BCUT2D eigenvalue weighted by Crippen LogP contribution is 2.33. The predicted molar refractivity (Wildman–Crippen MR) is 124 cm³/mol. The number of nitrogens with zero attached hydrogens (tertiary/aromatic N) is 1.